The molecule has 3 aromatic rings. The van der Waals surface area contributed by atoms with Gasteiger partial charge in [0.15, 0.2) is 0 Å². The van der Waals surface area contributed by atoms with Crippen molar-refractivity contribution in [2.75, 3.05) is 5.73 Å². The molecular weight excluding hydrogens is 248 g/mol. The van der Waals surface area contributed by atoms with Gasteiger partial charge in [0.25, 0.3) is 0 Å². The van der Waals surface area contributed by atoms with Crippen LogP contribution in [0, 0.1) is 0 Å². The van der Waals surface area contributed by atoms with Gasteiger partial charge in [0, 0.05) is 16.6 Å². The lowest BCUT2D eigenvalue weighted by molar-refractivity contribution is 1.41. The zero-order valence-corrected chi connectivity index (χ0v) is 10.6. The van der Waals surface area contributed by atoms with E-state index in [0.717, 1.165) is 22.0 Å². The molecule has 0 saturated carbocycles. The Labute approximate surface area is 107 Å². The third-order valence-corrected chi connectivity index (χ3v) is 4.30. The number of nitrogens with zero attached hydrogens (tertiary/aromatic N) is 1. The molecule has 0 saturated heterocycles. The van der Waals surface area contributed by atoms with E-state index < -0.39 is 0 Å². The van der Waals surface area contributed by atoms with Gasteiger partial charge in [-0.2, -0.15) is 0 Å². The van der Waals surface area contributed by atoms with Crippen molar-refractivity contribution >= 4 is 28.4 Å². The fourth-order valence-electron chi connectivity index (χ4n) is 1.62. The fourth-order valence-corrected chi connectivity index (χ4v) is 3.26. The van der Waals surface area contributed by atoms with Crippen LogP contribution in [0.25, 0.3) is 21.1 Å². The van der Waals surface area contributed by atoms with Gasteiger partial charge in [0.2, 0.25) is 0 Å². The second-order valence-corrected chi connectivity index (χ2v) is 5.45. The molecule has 2 nitrogen and oxygen atoms in total. The molecule has 0 bridgehead atoms. The summed E-state index contributed by atoms with van der Waals surface area (Å²) in [5.41, 5.74) is 8.61. The number of hydrogen-bond donors (Lipinski definition) is 1. The maximum Gasteiger partial charge on any atom is 0.134 e. The highest BCUT2D eigenvalue weighted by Crippen LogP contribution is 2.31. The number of anilines is 1. The predicted octanol–water partition coefficient (Wildman–Crippen LogP) is 4.12. The summed E-state index contributed by atoms with van der Waals surface area (Å²) >= 11 is 3.38. The number of aromatic nitrogens is 1. The van der Waals surface area contributed by atoms with E-state index in [1.165, 1.54) is 4.88 Å². The van der Waals surface area contributed by atoms with Gasteiger partial charge in [0.1, 0.15) is 5.01 Å². The summed E-state index contributed by atoms with van der Waals surface area (Å²) in [6.07, 6.45) is 0. The molecule has 2 aromatic heterocycles. The van der Waals surface area contributed by atoms with E-state index in [1.807, 2.05) is 30.3 Å². The number of hydrogen-bond acceptors (Lipinski definition) is 4. The topological polar surface area (TPSA) is 38.9 Å². The highest BCUT2D eigenvalue weighted by molar-refractivity contribution is 7.20. The molecule has 0 aliphatic rings. The summed E-state index contributed by atoms with van der Waals surface area (Å²) in [5.74, 6) is 0. The Morgan fingerprint density at radius 3 is 2.76 bits per heavy atom. The molecule has 0 unspecified atom stereocenters. The number of rotatable bonds is 2. The third-order valence-electron chi connectivity index (χ3n) is 2.42. The van der Waals surface area contributed by atoms with Crippen LogP contribution in [-0.4, -0.2) is 4.98 Å². The molecule has 17 heavy (non-hydrogen) atoms. The molecule has 0 atom stereocenters. The van der Waals surface area contributed by atoms with Crippen LogP contribution in [0.4, 0.5) is 5.69 Å². The second-order valence-electron chi connectivity index (χ2n) is 3.64. The van der Waals surface area contributed by atoms with Crippen LogP contribution in [0.2, 0.25) is 0 Å². The summed E-state index contributed by atoms with van der Waals surface area (Å²) < 4.78 is 0. The van der Waals surface area contributed by atoms with Gasteiger partial charge in [0.05, 0.1) is 10.6 Å². The number of nitrogens with two attached hydrogens (primary N) is 1. The molecule has 0 amide bonds. The lowest BCUT2D eigenvalue weighted by Gasteiger charge is -1.97. The van der Waals surface area contributed by atoms with Crippen LogP contribution in [-0.2, 0) is 0 Å². The first-order valence-corrected chi connectivity index (χ1v) is 6.94. The Kier molecular flexibility index (Phi) is 2.66. The number of thiazole rings is 1. The minimum Gasteiger partial charge on any atom is -0.399 e. The van der Waals surface area contributed by atoms with Crippen molar-refractivity contribution in [3.63, 3.8) is 0 Å². The molecule has 2 heterocycles. The van der Waals surface area contributed by atoms with E-state index in [9.17, 15) is 0 Å². The van der Waals surface area contributed by atoms with Crippen molar-refractivity contribution in [2.45, 2.75) is 0 Å². The third kappa shape index (κ3) is 2.09. The van der Waals surface area contributed by atoms with Gasteiger partial charge in [-0.25, -0.2) is 4.98 Å². The van der Waals surface area contributed by atoms with Crippen molar-refractivity contribution in [1.29, 1.82) is 0 Å². The molecule has 2 N–H and O–H groups in total. The molecule has 4 heteroatoms. The number of thiophene rings is 1. The first-order valence-electron chi connectivity index (χ1n) is 5.18. The zero-order chi connectivity index (χ0) is 11.7. The molecule has 0 radical (unpaired) electrons. The minimum atomic E-state index is 0.771. The first-order chi connectivity index (χ1) is 8.33. The molecule has 0 fully saturated rings. The van der Waals surface area contributed by atoms with E-state index in [4.69, 9.17) is 5.73 Å². The Morgan fingerprint density at radius 1 is 1.06 bits per heavy atom. The van der Waals surface area contributed by atoms with E-state index in [2.05, 4.69) is 21.8 Å². The van der Waals surface area contributed by atoms with Crippen LogP contribution >= 0.6 is 22.7 Å². The Bertz CT molecular complexity index is 626. The summed E-state index contributed by atoms with van der Waals surface area (Å²) in [5, 5.41) is 5.21. The smallest absolute Gasteiger partial charge is 0.134 e. The average Bonchev–Trinajstić information content (AvgIpc) is 3.00. The van der Waals surface area contributed by atoms with Gasteiger partial charge in [-0.3, -0.25) is 0 Å². The summed E-state index contributed by atoms with van der Waals surface area (Å²) in [7, 11) is 0. The van der Waals surface area contributed by atoms with E-state index in [-0.39, 0.29) is 0 Å². The minimum absolute atomic E-state index is 0.771. The zero-order valence-electron chi connectivity index (χ0n) is 8.96. The van der Waals surface area contributed by atoms with Crippen LogP contribution in [0.15, 0.2) is 47.2 Å². The van der Waals surface area contributed by atoms with Gasteiger partial charge >= 0.3 is 0 Å². The Hall–Kier alpha value is -1.65. The quantitative estimate of drug-likeness (QED) is 0.702. The Balaban J connectivity index is 2.01. The van der Waals surface area contributed by atoms with Crippen molar-refractivity contribution in [3.05, 3.63) is 47.2 Å². The monoisotopic (exact) mass is 258 g/mol. The summed E-state index contributed by atoms with van der Waals surface area (Å²) in [6.45, 7) is 0. The van der Waals surface area contributed by atoms with Crippen LogP contribution in [0.1, 0.15) is 0 Å². The van der Waals surface area contributed by atoms with Gasteiger partial charge in [-0.15, -0.1) is 22.7 Å². The first kappa shape index (κ1) is 10.5. The van der Waals surface area contributed by atoms with Crippen molar-refractivity contribution in [3.8, 4) is 21.1 Å². The lowest BCUT2D eigenvalue weighted by Crippen LogP contribution is -1.85. The largest absolute Gasteiger partial charge is 0.399 e. The van der Waals surface area contributed by atoms with E-state index in [1.54, 1.807) is 22.7 Å². The number of benzene rings is 1. The summed E-state index contributed by atoms with van der Waals surface area (Å²) in [6, 6.07) is 12.0. The molecule has 84 valence electrons. The lowest BCUT2D eigenvalue weighted by atomic mass is 10.1. The Morgan fingerprint density at radius 2 is 2.00 bits per heavy atom. The summed E-state index contributed by atoms with van der Waals surface area (Å²) in [4.78, 5) is 5.85. The highest BCUT2D eigenvalue weighted by Gasteiger charge is 2.07. The molecular formula is C13H10N2S2. The van der Waals surface area contributed by atoms with Crippen molar-refractivity contribution in [1.82, 2.24) is 4.98 Å². The maximum atomic E-state index is 5.78. The van der Waals surface area contributed by atoms with E-state index in [0.29, 0.717) is 0 Å². The molecule has 0 spiro atoms. The molecule has 1 aromatic carbocycles. The second kappa shape index (κ2) is 4.31. The standard InChI is InChI=1S/C13H10N2S2/c14-10-4-1-3-9(7-10)11-8-17-13(15-11)12-5-2-6-16-12/h1-8H,14H2. The number of nitrogen functional groups attached to an aromatic ring is 1. The molecule has 0 aliphatic heterocycles. The van der Waals surface area contributed by atoms with Gasteiger partial charge < -0.3 is 5.73 Å². The van der Waals surface area contributed by atoms with Gasteiger partial charge in [-0.1, -0.05) is 18.2 Å². The SMILES string of the molecule is Nc1cccc(-c2csc(-c3cccs3)n2)c1. The van der Waals surface area contributed by atoms with Crippen LogP contribution in [0.3, 0.4) is 0 Å². The normalized spacial score (nSPS) is 10.6. The highest BCUT2D eigenvalue weighted by atomic mass is 32.1. The average molecular weight is 258 g/mol. The molecule has 3 rings (SSSR count). The molecule has 0 aliphatic carbocycles. The van der Waals surface area contributed by atoms with E-state index >= 15 is 0 Å². The maximum absolute atomic E-state index is 5.78. The van der Waals surface area contributed by atoms with Crippen LogP contribution in [0.5, 0.6) is 0 Å². The predicted molar refractivity (Wildman–Crippen MR) is 75.3 cm³/mol. The van der Waals surface area contributed by atoms with Gasteiger partial charge in [-0.05, 0) is 23.6 Å². The van der Waals surface area contributed by atoms with Crippen LogP contribution < -0.4 is 5.73 Å². The van der Waals surface area contributed by atoms with Crippen molar-refractivity contribution < 1.29 is 0 Å². The fraction of sp³-hybridized carbons (Fsp3) is 0. The van der Waals surface area contributed by atoms with Crippen molar-refractivity contribution in [2.24, 2.45) is 0 Å².